The highest BCUT2D eigenvalue weighted by atomic mass is 16.2. The van der Waals surface area contributed by atoms with Gasteiger partial charge in [0.2, 0.25) is 17.7 Å². The highest BCUT2D eigenvalue weighted by molar-refractivity contribution is 5.96. The van der Waals surface area contributed by atoms with Crippen molar-refractivity contribution in [2.24, 2.45) is 11.7 Å². The van der Waals surface area contributed by atoms with Crippen LogP contribution in [0.25, 0.3) is 0 Å². The monoisotopic (exact) mass is 320 g/mol. The molecule has 1 atom stereocenters. The second kappa shape index (κ2) is 8.89. The maximum absolute atomic E-state index is 11.8. The molecular formula is C16H24N4O3. The van der Waals surface area contributed by atoms with Crippen LogP contribution in [0, 0.1) is 5.92 Å². The summed E-state index contributed by atoms with van der Waals surface area (Å²) < 4.78 is 0. The zero-order valence-corrected chi connectivity index (χ0v) is 13.7. The van der Waals surface area contributed by atoms with Gasteiger partial charge in [0.15, 0.2) is 0 Å². The number of carbonyl (C=O) groups is 3. The van der Waals surface area contributed by atoms with Crippen LogP contribution >= 0.6 is 0 Å². The molecule has 0 fully saturated rings. The SMILES string of the molecule is CCC(=O)Nc1ccc(NC(=O)CNC(=O)[C@@H](N)C(C)C)cc1. The molecule has 1 aromatic rings. The van der Waals surface area contributed by atoms with E-state index < -0.39 is 6.04 Å². The van der Waals surface area contributed by atoms with Gasteiger partial charge in [0.05, 0.1) is 12.6 Å². The van der Waals surface area contributed by atoms with Crippen LogP contribution in [-0.4, -0.2) is 30.3 Å². The van der Waals surface area contributed by atoms with Gasteiger partial charge in [-0.15, -0.1) is 0 Å². The van der Waals surface area contributed by atoms with E-state index in [9.17, 15) is 14.4 Å². The number of nitrogens with one attached hydrogen (secondary N) is 3. The van der Waals surface area contributed by atoms with Crippen molar-refractivity contribution in [3.8, 4) is 0 Å². The van der Waals surface area contributed by atoms with Crippen LogP contribution in [0.1, 0.15) is 27.2 Å². The zero-order valence-electron chi connectivity index (χ0n) is 13.7. The number of anilines is 2. The molecule has 0 aliphatic heterocycles. The average Bonchev–Trinajstić information content (AvgIpc) is 2.53. The van der Waals surface area contributed by atoms with Crippen molar-refractivity contribution in [2.75, 3.05) is 17.2 Å². The van der Waals surface area contributed by atoms with Crippen molar-refractivity contribution >= 4 is 29.1 Å². The Morgan fingerprint density at radius 3 is 1.91 bits per heavy atom. The molecule has 1 aromatic carbocycles. The van der Waals surface area contributed by atoms with Crippen molar-refractivity contribution in [1.29, 1.82) is 0 Å². The molecule has 3 amide bonds. The minimum Gasteiger partial charge on any atom is -0.346 e. The molecule has 0 saturated heterocycles. The molecular weight excluding hydrogens is 296 g/mol. The Bertz CT molecular complexity index is 555. The molecule has 0 unspecified atom stereocenters. The first-order valence-electron chi connectivity index (χ1n) is 7.56. The van der Waals surface area contributed by atoms with Crippen molar-refractivity contribution in [3.05, 3.63) is 24.3 Å². The first-order chi connectivity index (χ1) is 10.8. The van der Waals surface area contributed by atoms with Gasteiger partial charge in [-0.05, 0) is 30.2 Å². The molecule has 0 radical (unpaired) electrons. The van der Waals surface area contributed by atoms with Gasteiger partial charge in [0, 0.05) is 17.8 Å². The lowest BCUT2D eigenvalue weighted by molar-refractivity contribution is -0.125. The number of rotatable bonds is 7. The Morgan fingerprint density at radius 2 is 1.48 bits per heavy atom. The minimum absolute atomic E-state index is 0.00365. The van der Waals surface area contributed by atoms with E-state index in [1.54, 1.807) is 31.2 Å². The van der Waals surface area contributed by atoms with E-state index in [2.05, 4.69) is 16.0 Å². The molecule has 0 aliphatic carbocycles. The molecule has 7 nitrogen and oxygen atoms in total. The van der Waals surface area contributed by atoms with Crippen molar-refractivity contribution in [2.45, 2.75) is 33.2 Å². The van der Waals surface area contributed by atoms with Gasteiger partial charge in [0.1, 0.15) is 0 Å². The summed E-state index contributed by atoms with van der Waals surface area (Å²) in [5.74, 6) is -0.776. The normalized spacial score (nSPS) is 11.7. The number of nitrogens with two attached hydrogens (primary N) is 1. The van der Waals surface area contributed by atoms with Gasteiger partial charge in [-0.25, -0.2) is 0 Å². The summed E-state index contributed by atoms with van der Waals surface area (Å²) in [6, 6.07) is 6.09. The number of hydrogen-bond donors (Lipinski definition) is 4. The molecule has 23 heavy (non-hydrogen) atoms. The lowest BCUT2D eigenvalue weighted by atomic mass is 10.1. The van der Waals surface area contributed by atoms with E-state index in [1.165, 1.54) is 0 Å². The highest BCUT2D eigenvalue weighted by Crippen LogP contribution is 2.13. The van der Waals surface area contributed by atoms with Crippen molar-refractivity contribution < 1.29 is 14.4 Å². The fourth-order valence-corrected chi connectivity index (χ4v) is 1.68. The predicted octanol–water partition coefficient (Wildman–Crippen LogP) is 1.07. The summed E-state index contributed by atoms with van der Waals surface area (Å²) in [5.41, 5.74) is 6.92. The molecule has 126 valence electrons. The van der Waals surface area contributed by atoms with Gasteiger partial charge in [-0.3, -0.25) is 14.4 Å². The van der Waals surface area contributed by atoms with Crippen molar-refractivity contribution in [3.63, 3.8) is 0 Å². The van der Waals surface area contributed by atoms with E-state index >= 15 is 0 Å². The molecule has 5 N–H and O–H groups in total. The fourth-order valence-electron chi connectivity index (χ4n) is 1.68. The molecule has 0 spiro atoms. The third kappa shape index (κ3) is 6.48. The van der Waals surface area contributed by atoms with Crippen molar-refractivity contribution in [1.82, 2.24) is 5.32 Å². The van der Waals surface area contributed by atoms with Gasteiger partial charge in [0.25, 0.3) is 0 Å². The second-order valence-electron chi connectivity index (χ2n) is 5.51. The summed E-state index contributed by atoms with van der Waals surface area (Å²) in [6.07, 6.45) is 0.400. The number of amides is 3. The van der Waals surface area contributed by atoms with Gasteiger partial charge in [-0.1, -0.05) is 20.8 Å². The number of benzene rings is 1. The number of hydrogen-bond acceptors (Lipinski definition) is 4. The van der Waals surface area contributed by atoms with Gasteiger partial charge >= 0.3 is 0 Å². The Kier molecular flexibility index (Phi) is 7.21. The van der Waals surface area contributed by atoms with Gasteiger partial charge in [-0.2, -0.15) is 0 Å². The number of carbonyl (C=O) groups excluding carboxylic acids is 3. The summed E-state index contributed by atoms with van der Waals surface area (Å²) >= 11 is 0. The summed E-state index contributed by atoms with van der Waals surface area (Å²) in [5, 5.41) is 7.86. The first kappa shape index (κ1) is 18.6. The Hall–Kier alpha value is -2.41. The Morgan fingerprint density at radius 1 is 1.00 bits per heavy atom. The highest BCUT2D eigenvalue weighted by Gasteiger charge is 2.17. The second-order valence-corrected chi connectivity index (χ2v) is 5.51. The molecule has 0 bridgehead atoms. The lowest BCUT2D eigenvalue weighted by Crippen LogP contribution is -2.46. The van der Waals surface area contributed by atoms with E-state index in [0.29, 0.717) is 17.8 Å². The van der Waals surface area contributed by atoms with Crippen LogP contribution in [0.2, 0.25) is 0 Å². The van der Waals surface area contributed by atoms with Crippen LogP contribution in [0.3, 0.4) is 0 Å². The van der Waals surface area contributed by atoms with Gasteiger partial charge < -0.3 is 21.7 Å². The third-order valence-electron chi connectivity index (χ3n) is 3.22. The molecule has 0 aromatic heterocycles. The van der Waals surface area contributed by atoms with Crippen LogP contribution in [0.4, 0.5) is 11.4 Å². The zero-order chi connectivity index (χ0) is 17.4. The molecule has 0 heterocycles. The molecule has 0 aliphatic rings. The minimum atomic E-state index is -0.635. The summed E-state index contributed by atoms with van der Waals surface area (Å²) in [4.78, 5) is 34.7. The summed E-state index contributed by atoms with van der Waals surface area (Å²) in [7, 11) is 0. The smallest absolute Gasteiger partial charge is 0.243 e. The van der Waals surface area contributed by atoms with E-state index in [1.807, 2.05) is 13.8 Å². The standard InChI is InChI=1S/C16H24N4O3/c1-4-13(21)19-11-5-7-12(8-6-11)20-14(22)9-18-16(23)15(17)10(2)3/h5-8,10,15H,4,9,17H2,1-3H3,(H,18,23)(H,19,21)(H,20,22)/t15-/m0/s1. The predicted molar refractivity (Wildman–Crippen MR) is 89.8 cm³/mol. The fraction of sp³-hybridized carbons (Fsp3) is 0.438. The topological polar surface area (TPSA) is 113 Å². The maximum atomic E-state index is 11.8. The van der Waals surface area contributed by atoms with E-state index in [-0.39, 0.29) is 30.2 Å². The van der Waals surface area contributed by atoms with E-state index in [0.717, 1.165) is 0 Å². The van der Waals surface area contributed by atoms with Crippen LogP contribution in [0.15, 0.2) is 24.3 Å². The van der Waals surface area contributed by atoms with Crippen LogP contribution in [-0.2, 0) is 14.4 Å². The van der Waals surface area contributed by atoms with Crippen LogP contribution in [0.5, 0.6) is 0 Å². The Labute approximate surface area is 136 Å². The largest absolute Gasteiger partial charge is 0.346 e. The summed E-state index contributed by atoms with van der Waals surface area (Å²) in [6.45, 7) is 5.30. The Balaban J connectivity index is 2.45. The van der Waals surface area contributed by atoms with Crippen LogP contribution < -0.4 is 21.7 Å². The van der Waals surface area contributed by atoms with E-state index in [4.69, 9.17) is 5.73 Å². The quantitative estimate of drug-likeness (QED) is 0.602. The average molecular weight is 320 g/mol. The first-order valence-corrected chi connectivity index (χ1v) is 7.56. The lowest BCUT2D eigenvalue weighted by Gasteiger charge is -2.15. The molecule has 0 saturated carbocycles. The molecule has 7 heteroatoms. The molecule has 1 rings (SSSR count). The third-order valence-corrected chi connectivity index (χ3v) is 3.22. The maximum Gasteiger partial charge on any atom is 0.243 e.